The van der Waals surface area contributed by atoms with Crippen molar-refractivity contribution in [1.82, 2.24) is 10.2 Å². The number of aromatic amines is 1. The molecule has 0 saturated carbocycles. The lowest BCUT2D eigenvalue weighted by Gasteiger charge is -2.04. The monoisotopic (exact) mass is 261 g/mol. The van der Waals surface area contributed by atoms with Crippen LogP contribution in [0.25, 0.3) is 11.3 Å². The number of rotatable bonds is 1. The summed E-state index contributed by atoms with van der Waals surface area (Å²) in [4.78, 5) is 0. The second-order valence-electron chi connectivity index (χ2n) is 2.95. The molecule has 0 aliphatic carbocycles. The van der Waals surface area contributed by atoms with E-state index in [1.54, 1.807) is 12.1 Å². The van der Waals surface area contributed by atoms with E-state index in [1.165, 1.54) is 6.20 Å². The van der Waals surface area contributed by atoms with Crippen LogP contribution in [0, 0.1) is 0 Å². The van der Waals surface area contributed by atoms with Crippen LogP contribution in [-0.4, -0.2) is 10.2 Å². The molecule has 0 fully saturated rings. The highest BCUT2D eigenvalue weighted by molar-refractivity contribution is 6.39. The van der Waals surface area contributed by atoms with Crippen molar-refractivity contribution in [1.29, 1.82) is 0 Å². The van der Waals surface area contributed by atoms with Crippen LogP contribution in [-0.2, 0) is 0 Å². The van der Waals surface area contributed by atoms with E-state index < -0.39 is 0 Å². The lowest BCUT2D eigenvalue weighted by atomic mass is 10.1. The summed E-state index contributed by atoms with van der Waals surface area (Å²) in [6.07, 6.45) is 1.51. The molecule has 78 valence electrons. The lowest BCUT2D eigenvalue weighted by molar-refractivity contribution is 1.10. The van der Waals surface area contributed by atoms with E-state index in [0.29, 0.717) is 26.4 Å². The van der Waals surface area contributed by atoms with E-state index in [0.717, 1.165) is 5.56 Å². The topological polar surface area (TPSA) is 54.7 Å². The summed E-state index contributed by atoms with van der Waals surface area (Å²) in [5.41, 5.74) is 7.40. The molecule has 0 bridgehead atoms. The zero-order chi connectivity index (χ0) is 11.0. The molecule has 0 aliphatic rings. The van der Waals surface area contributed by atoms with Crippen LogP contribution >= 0.6 is 34.8 Å². The fourth-order valence-corrected chi connectivity index (χ4v) is 1.89. The van der Waals surface area contributed by atoms with Crippen LogP contribution in [0.1, 0.15) is 0 Å². The Balaban J connectivity index is 2.60. The molecule has 0 saturated heterocycles. The Morgan fingerprint density at radius 1 is 1.07 bits per heavy atom. The van der Waals surface area contributed by atoms with Crippen molar-refractivity contribution in [2.45, 2.75) is 0 Å². The van der Waals surface area contributed by atoms with Gasteiger partial charge in [-0.25, -0.2) is 0 Å². The van der Waals surface area contributed by atoms with Crippen molar-refractivity contribution in [3.8, 4) is 11.3 Å². The van der Waals surface area contributed by atoms with Gasteiger partial charge in [0.05, 0.1) is 32.6 Å². The SMILES string of the molecule is Nc1c(Cl)cc(-c2[nH]ncc2Cl)cc1Cl. The standard InChI is InChI=1S/C9H6Cl3N3/c10-5-1-4(2-6(11)8(5)13)9-7(12)3-14-15-9/h1-3H,13H2,(H,14,15). The Morgan fingerprint density at radius 2 is 1.67 bits per heavy atom. The summed E-state index contributed by atoms with van der Waals surface area (Å²) in [6, 6.07) is 3.37. The molecule has 0 aliphatic heterocycles. The zero-order valence-corrected chi connectivity index (χ0v) is 9.66. The van der Waals surface area contributed by atoms with Gasteiger partial charge in [0.15, 0.2) is 0 Å². The van der Waals surface area contributed by atoms with Crippen molar-refractivity contribution in [3.05, 3.63) is 33.4 Å². The van der Waals surface area contributed by atoms with E-state index in [2.05, 4.69) is 10.2 Å². The minimum Gasteiger partial charge on any atom is -0.396 e. The van der Waals surface area contributed by atoms with Crippen molar-refractivity contribution in [2.75, 3.05) is 5.73 Å². The van der Waals surface area contributed by atoms with Gasteiger partial charge in [0.2, 0.25) is 0 Å². The van der Waals surface area contributed by atoms with Crippen molar-refractivity contribution < 1.29 is 0 Å². The third-order valence-electron chi connectivity index (χ3n) is 1.96. The van der Waals surface area contributed by atoms with Gasteiger partial charge in [0.25, 0.3) is 0 Å². The van der Waals surface area contributed by atoms with E-state index in [9.17, 15) is 0 Å². The minimum absolute atomic E-state index is 0.359. The van der Waals surface area contributed by atoms with Gasteiger partial charge in [-0.1, -0.05) is 34.8 Å². The number of nitrogens with two attached hydrogens (primary N) is 1. The first-order chi connectivity index (χ1) is 7.09. The quantitative estimate of drug-likeness (QED) is 0.771. The van der Waals surface area contributed by atoms with Crippen LogP contribution < -0.4 is 5.73 Å². The highest BCUT2D eigenvalue weighted by Gasteiger charge is 2.10. The molecule has 2 aromatic rings. The predicted octanol–water partition coefficient (Wildman–Crippen LogP) is 3.62. The van der Waals surface area contributed by atoms with Gasteiger partial charge in [0, 0.05) is 5.56 Å². The van der Waals surface area contributed by atoms with Gasteiger partial charge < -0.3 is 5.73 Å². The highest BCUT2D eigenvalue weighted by Crippen LogP contribution is 2.34. The van der Waals surface area contributed by atoms with Gasteiger partial charge in [-0.3, -0.25) is 5.10 Å². The Morgan fingerprint density at radius 3 is 2.13 bits per heavy atom. The summed E-state index contributed by atoms with van der Waals surface area (Å²) in [5.74, 6) is 0. The summed E-state index contributed by atoms with van der Waals surface area (Å²) < 4.78 is 0. The van der Waals surface area contributed by atoms with Gasteiger partial charge in [0.1, 0.15) is 0 Å². The average molecular weight is 263 g/mol. The maximum atomic E-state index is 5.91. The normalized spacial score (nSPS) is 10.6. The fourth-order valence-electron chi connectivity index (χ4n) is 1.20. The number of anilines is 1. The number of benzene rings is 1. The maximum absolute atomic E-state index is 5.91. The van der Waals surface area contributed by atoms with E-state index in [4.69, 9.17) is 40.5 Å². The number of hydrogen-bond donors (Lipinski definition) is 2. The Hall–Kier alpha value is -0.900. The molecule has 0 spiro atoms. The molecule has 3 N–H and O–H groups in total. The summed E-state index contributed by atoms with van der Waals surface area (Å²) in [5, 5.41) is 7.85. The number of nitrogens with one attached hydrogen (secondary N) is 1. The molecule has 1 aromatic carbocycles. The van der Waals surface area contributed by atoms with Gasteiger partial charge in [-0.15, -0.1) is 0 Å². The van der Waals surface area contributed by atoms with Crippen LogP contribution in [0.5, 0.6) is 0 Å². The molecule has 0 atom stereocenters. The number of halogens is 3. The molecule has 0 amide bonds. The van der Waals surface area contributed by atoms with E-state index >= 15 is 0 Å². The second kappa shape index (κ2) is 3.93. The Labute approximate surface area is 101 Å². The molecule has 1 heterocycles. The van der Waals surface area contributed by atoms with Gasteiger partial charge in [-0.2, -0.15) is 5.10 Å². The molecule has 1 aromatic heterocycles. The fraction of sp³-hybridized carbons (Fsp3) is 0. The minimum atomic E-state index is 0.359. The smallest absolute Gasteiger partial charge is 0.0862 e. The lowest BCUT2D eigenvalue weighted by Crippen LogP contribution is -1.89. The number of nitrogen functional groups attached to an aromatic ring is 1. The molecule has 0 radical (unpaired) electrons. The van der Waals surface area contributed by atoms with E-state index in [1.807, 2.05) is 0 Å². The van der Waals surface area contributed by atoms with Crippen LogP contribution in [0.4, 0.5) is 5.69 Å². The molecule has 3 nitrogen and oxygen atoms in total. The molecule has 2 rings (SSSR count). The van der Waals surface area contributed by atoms with Crippen molar-refractivity contribution in [3.63, 3.8) is 0 Å². The highest BCUT2D eigenvalue weighted by atomic mass is 35.5. The van der Waals surface area contributed by atoms with Crippen LogP contribution in [0.15, 0.2) is 18.3 Å². The third-order valence-corrected chi connectivity index (χ3v) is 2.87. The Kier molecular flexibility index (Phi) is 2.78. The first-order valence-corrected chi connectivity index (χ1v) is 5.16. The molecular formula is C9H6Cl3N3. The third kappa shape index (κ3) is 1.91. The molecule has 6 heteroatoms. The molecule has 15 heavy (non-hydrogen) atoms. The van der Waals surface area contributed by atoms with Gasteiger partial charge >= 0.3 is 0 Å². The van der Waals surface area contributed by atoms with E-state index in [-0.39, 0.29) is 0 Å². The average Bonchev–Trinajstić information content (AvgIpc) is 2.60. The molecule has 0 unspecified atom stereocenters. The van der Waals surface area contributed by atoms with Crippen LogP contribution in [0.3, 0.4) is 0 Å². The number of hydrogen-bond acceptors (Lipinski definition) is 2. The number of nitrogens with zero attached hydrogens (tertiary/aromatic N) is 1. The van der Waals surface area contributed by atoms with Crippen molar-refractivity contribution in [2.24, 2.45) is 0 Å². The molecular weight excluding hydrogens is 256 g/mol. The Bertz CT molecular complexity index is 484. The van der Waals surface area contributed by atoms with Crippen LogP contribution in [0.2, 0.25) is 15.1 Å². The summed E-state index contributed by atoms with van der Waals surface area (Å²) >= 11 is 17.7. The maximum Gasteiger partial charge on any atom is 0.0862 e. The summed E-state index contributed by atoms with van der Waals surface area (Å²) in [7, 11) is 0. The van der Waals surface area contributed by atoms with Crippen molar-refractivity contribution >= 4 is 40.5 Å². The number of aromatic nitrogens is 2. The predicted molar refractivity (Wildman–Crippen MR) is 63.5 cm³/mol. The number of H-pyrrole nitrogens is 1. The van der Waals surface area contributed by atoms with Gasteiger partial charge in [-0.05, 0) is 12.1 Å². The first kappa shape index (κ1) is 10.6. The first-order valence-electron chi connectivity index (χ1n) is 4.03. The summed E-state index contributed by atoms with van der Waals surface area (Å²) in [6.45, 7) is 0. The zero-order valence-electron chi connectivity index (χ0n) is 7.39. The second-order valence-corrected chi connectivity index (χ2v) is 4.17. The largest absolute Gasteiger partial charge is 0.396 e.